The lowest BCUT2D eigenvalue weighted by Gasteiger charge is -2.22. The minimum atomic E-state index is -2.83. The van der Waals surface area contributed by atoms with Crippen molar-refractivity contribution in [3.63, 3.8) is 0 Å². The van der Waals surface area contributed by atoms with Crippen LogP contribution in [0, 0.1) is 0 Å². The minimum Gasteiger partial charge on any atom is -0.399 e. The molecule has 0 amide bonds. The maximum absolute atomic E-state index is 11.4. The maximum Gasteiger partial charge on any atom is 0.201 e. The monoisotopic (exact) mass is 280 g/mol. The van der Waals surface area contributed by atoms with Crippen molar-refractivity contribution in [3.8, 4) is 0 Å². The number of aromatic nitrogens is 2. The number of benzene rings is 1. The zero-order valence-electron chi connectivity index (χ0n) is 10.4. The summed E-state index contributed by atoms with van der Waals surface area (Å²) in [5.41, 5.74) is 8.13. The van der Waals surface area contributed by atoms with Gasteiger partial charge in [-0.2, -0.15) is 0 Å². The number of nitrogen functional groups attached to an aromatic ring is 1. The summed E-state index contributed by atoms with van der Waals surface area (Å²) in [6.45, 7) is 0. The number of aromatic amines is 1. The summed E-state index contributed by atoms with van der Waals surface area (Å²) in [4.78, 5) is 7.57. The van der Waals surface area contributed by atoms with E-state index in [4.69, 9.17) is 5.73 Å². The van der Waals surface area contributed by atoms with Gasteiger partial charge in [0.05, 0.1) is 22.5 Å². The van der Waals surface area contributed by atoms with Crippen molar-refractivity contribution in [1.29, 1.82) is 0 Å². The van der Waals surface area contributed by atoms with Crippen molar-refractivity contribution in [1.82, 2.24) is 9.97 Å². The van der Waals surface area contributed by atoms with E-state index in [0.717, 1.165) is 11.0 Å². The normalized spacial score (nSPS) is 19.6. The average molecular weight is 280 g/mol. The summed E-state index contributed by atoms with van der Waals surface area (Å²) in [7, 11) is -2.83. The molecule has 7 heteroatoms. The van der Waals surface area contributed by atoms with Crippen molar-refractivity contribution in [3.05, 3.63) is 18.2 Å². The van der Waals surface area contributed by atoms with Crippen LogP contribution in [0.3, 0.4) is 0 Å². The molecule has 1 fully saturated rings. The number of fused-ring (bicyclic) bond motifs is 1. The average Bonchev–Trinajstić information content (AvgIpc) is 2.73. The standard InChI is InChI=1S/C12H16N4O2S/c13-8-1-2-10-11(7-8)16-12(15-10)14-9-3-5-19(17,18)6-4-9/h1-2,7,9H,3-6,13H2,(H2,14,15,16). The van der Waals surface area contributed by atoms with E-state index < -0.39 is 9.84 Å². The van der Waals surface area contributed by atoms with Crippen molar-refractivity contribution >= 4 is 32.5 Å². The Kier molecular flexibility index (Phi) is 2.85. The van der Waals surface area contributed by atoms with Crippen LogP contribution in [0.5, 0.6) is 0 Å². The molecule has 1 aromatic heterocycles. The van der Waals surface area contributed by atoms with Crippen LogP contribution in [0.4, 0.5) is 11.6 Å². The van der Waals surface area contributed by atoms with Crippen LogP contribution in [0.1, 0.15) is 12.8 Å². The molecule has 0 unspecified atom stereocenters. The molecule has 2 aromatic rings. The molecular weight excluding hydrogens is 264 g/mol. The van der Waals surface area contributed by atoms with E-state index >= 15 is 0 Å². The molecule has 0 bridgehead atoms. The molecule has 102 valence electrons. The Balaban J connectivity index is 1.75. The number of H-pyrrole nitrogens is 1. The molecule has 1 saturated heterocycles. The van der Waals surface area contributed by atoms with Crippen LogP contribution in [0.2, 0.25) is 0 Å². The summed E-state index contributed by atoms with van der Waals surface area (Å²) in [5.74, 6) is 1.17. The van der Waals surface area contributed by atoms with E-state index in [9.17, 15) is 8.42 Å². The number of nitrogens with one attached hydrogen (secondary N) is 2. The van der Waals surface area contributed by atoms with Gasteiger partial charge in [0.25, 0.3) is 0 Å². The number of rotatable bonds is 2. The molecule has 1 aliphatic heterocycles. The fourth-order valence-corrected chi connectivity index (χ4v) is 3.81. The zero-order valence-corrected chi connectivity index (χ0v) is 11.2. The molecule has 19 heavy (non-hydrogen) atoms. The van der Waals surface area contributed by atoms with E-state index in [1.54, 1.807) is 6.07 Å². The summed E-state index contributed by atoms with van der Waals surface area (Å²) in [6.07, 6.45) is 1.25. The molecule has 1 aromatic carbocycles. The van der Waals surface area contributed by atoms with E-state index in [0.29, 0.717) is 24.5 Å². The van der Waals surface area contributed by atoms with Gasteiger partial charge in [0, 0.05) is 11.7 Å². The van der Waals surface area contributed by atoms with Crippen molar-refractivity contribution < 1.29 is 8.42 Å². The fourth-order valence-electron chi connectivity index (χ4n) is 2.32. The van der Waals surface area contributed by atoms with Crippen LogP contribution in [0.25, 0.3) is 11.0 Å². The van der Waals surface area contributed by atoms with Crippen molar-refractivity contribution in [2.24, 2.45) is 0 Å². The number of hydrogen-bond acceptors (Lipinski definition) is 5. The van der Waals surface area contributed by atoms with Gasteiger partial charge in [-0.25, -0.2) is 13.4 Å². The van der Waals surface area contributed by atoms with Crippen molar-refractivity contribution in [2.45, 2.75) is 18.9 Å². The molecule has 0 saturated carbocycles. The molecule has 2 heterocycles. The van der Waals surface area contributed by atoms with E-state index in [-0.39, 0.29) is 17.5 Å². The van der Waals surface area contributed by atoms with Gasteiger partial charge in [-0.15, -0.1) is 0 Å². The van der Waals surface area contributed by atoms with Crippen LogP contribution in [-0.4, -0.2) is 35.9 Å². The quantitative estimate of drug-likeness (QED) is 0.716. The highest BCUT2D eigenvalue weighted by molar-refractivity contribution is 7.91. The summed E-state index contributed by atoms with van der Waals surface area (Å²) in [5, 5.41) is 3.26. The second kappa shape index (κ2) is 4.41. The fraction of sp³-hybridized carbons (Fsp3) is 0.417. The minimum absolute atomic E-state index is 0.154. The second-order valence-electron chi connectivity index (χ2n) is 4.93. The molecule has 0 spiro atoms. The first-order valence-corrected chi connectivity index (χ1v) is 8.06. The van der Waals surface area contributed by atoms with Crippen LogP contribution in [0.15, 0.2) is 18.2 Å². The van der Waals surface area contributed by atoms with Gasteiger partial charge in [0.2, 0.25) is 5.95 Å². The highest BCUT2D eigenvalue weighted by atomic mass is 32.2. The number of imidazole rings is 1. The predicted molar refractivity (Wildman–Crippen MR) is 75.8 cm³/mol. The lowest BCUT2D eigenvalue weighted by molar-refractivity contribution is 0.558. The molecule has 3 rings (SSSR count). The maximum atomic E-state index is 11.4. The number of nitrogens with two attached hydrogens (primary N) is 1. The van der Waals surface area contributed by atoms with Gasteiger partial charge in [-0.1, -0.05) is 0 Å². The topological polar surface area (TPSA) is 101 Å². The third-order valence-corrected chi connectivity index (χ3v) is 5.12. The van der Waals surface area contributed by atoms with Gasteiger partial charge in [0.1, 0.15) is 9.84 Å². The third kappa shape index (κ3) is 2.65. The Bertz CT molecular complexity index is 694. The first-order valence-electron chi connectivity index (χ1n) is 6.24. The van der Waals surface area contributed by atoms with Crippen LogP contribution in [-0.2, 0) is 9.84 Å². The molecule has 0 radical (unpaired) electrons. The molecule has 6 nitrogen and oxygen atoms in total. The highest BCUT2D eigenvalue weighted by Gasteiger charge is 2.23. The SMILES string of the molecule is Nc1ccc2nc(NC3CCS(=O)(=O)CC3)[nH]c2c1. The van der Waals surface area contributed by atoms with E-state index in [1.165, 1.54) is 0 Å². The Labute approximate surface area is 111 Å². The summed E-state index contributed by atoms with van der Waals surface area (Å²) < 4.78 is 22.7. The Morgan fingerprint density at radius 1 is 1.32 bits per heavy atom. The van der Waals surface area contributed by atoms with E-state index in [1.807, 2.05) is 12.1 Å². The zero-order chi connectivity index (χ0) is 13.5. The first-order chi connectivity index (χ1) is 9.02. The second-order valence-corrected chi connectivity index (χ2v) is 7.24. The van der Waals surface area contributed by atoms with Gasteiger partial charge < -0.3 is 16.0 Å². The molecule has 4 N–H and O–H groups in total. The summed E-state index contributed by atoms with van der Waals surface area (Å²) in [6, 6.07) is 5.65. The largest absolute Gasteiger partial charge is 0.399 e. The Morgan fingerprint density at radius 2 is 2.05 bits per heavy atom. The lowest BCUT2D eigenvalue weighted by Crippen LogP contribution is -2.32. The molecule has 0 atom stereocenters. The highest BCUT2D eigenvalue weighted by Crippen LogP contribution is 2.20. The molecular formula is C12H16N4O2S. The Morgan fingerprint density at radius 3 is 2.79 bits per heavy atom. The molecule has 1 aliphatic rings. The van der Waals surface area contributed by atoms with Gasteiger partial charge >= 0.3 is 0 Å². The van der Waals surface area contributed by atoms with Crippen LogP contribution < -0.4 is 11.1 Å². The van der Waals surface area contributed by atoms with Crippen LogP contribution >= 0.6 is 0 Å². The number of sulfone groups is 1. The molecule has 0 aliphatic carbocycles. The first kappa shape index (κ1) is 12.3. The number of hydrogen-bond donors (Lipinski definition) is 3. The van der Waals surface area contributed by atoms with Gasteiger partial charge in [-0.3, -0.25) is 0 Å². The third-order valence-electron chi connectivity index (χ3n) is 3.40. The smallest absolute Gasteiger partial charge is 0.201 e. The van der Waals surface area contributed by atoms with Gasteiger partial charge in [-0.05, 0) is 31.0 Å². The lowest BCUT2D eigenvalue weighted by atomic mass is 10.2. The van der Waals surface area contributed by atoms with Crippen molar-refractivity contribution in [2.75, 3.05) is 22.6 Å². The van der Waals surface area contributed by atoms with Gasteiger partial charge in [0.15, 0.2) is 0 Å². The number of nitrogens with zero attached hydrogens (tertiary/aromatic N) is 1. The van der Waals surface area contributed by atoms with E-state index in [2.05, 4.69) is 15.3 Å². The summed E-state index contributed by atoms with van der Waals surface area (Å²) >= 11 is 0. The number of anilines is 2. The predicted octanol–water partition coefficient (Wildman–Crippen LogP) is 1.13. The Hall–Kier alpha value is -1.76.